The van der Waals surface area contributed by atoms with E-state index in [4.69, 9.17) is 0 Å². The number of nitrogens with zero attached hydrogens (tertiary/aromatic N) is 1. The monoisotopic (exact) mass is 241 g/mol. The van der Waals surface area contributed by atoms with E-state index in [-0.39, 0.29) is 0 Å². The van der Waals surface area contributed by atoms with Crippen LogP contribution in [0.15, 0.2) is 85.4 Å². The number of hydrogen-bond donors (Lipinski definition) is 0. The molecule has 0 aliphatic rings. The first kappa shape index (κ1) is 16.0. The zero-order valence-corrected chi connectivity index (χ0v) is 11.7. The van der Waals surface area contributed by atoms with E-state index < -0.39 is 0 Å². The summed E-state index contributed by atoms with van der Waals surface area (Å²) in [5, 5.41) is 0. The molecule has 0 aliphatic carbocycles. The lowest BCUT2D eigenvalue weighted by Gasteiger charge is -2.27. The van der Waals surface area contributed by atoms with Crippen molar-refractivity contribution in [1.29, 1.82) is 0 Å². The zero-order valence-electron chi connectivity index (χ0n) is 11.7. The van der Waals surface area contributed by atoms with Gasteiger partial charge in [-0.1, -0.05) is 44.0 Å². The molecule has 0 rings (SSSR count). The Morgan fingerprint density at radius 1 is 0.778 bits per heavy atom. The molecule has 0 fully saturated rings. The highest BCUT2D eigenvalue weighted by molar-refractivity contribution is 5.37. The molecule has 0 spiro atoms. The van der Waals surface area contributed by atoms with Crippen molar-refractivity contribution < 1.29 is 0 Å². The Morgan fingerprint density at radius 3 is 1.50 bits per heavy atom. The van der Waals surface area contributed by atoms with Gasteiger partial charge in [0.1, 0.15) is 0 Å². The van der Waals surface area contributed by atoms with Crippen LogP contribution in [0.4, 0.5) is 0 Å². The summed E-state index contributed by atoms with van der Waals surface area (Å²) in [6, 6.07) is 0. The Labute approximate surface area is 112 Å². The topological polar surface area (TPSA) is 3.24 Å². The van der Waals surface area contributed by atoms with Crippen molar-refractivity contribution in [3.63, 3.8) is 0 Å². The van der Waals surface area contributed by atoms with E-state index in [2.05, 4.69) is 24.6 Å². The van der Waals surface area contributed by atoms with E-state index >= 15 is 0 Å². The molecule has 0 bridgehead atoms. The average molecular weight is 241 g/mol. The first-order chi connectivity index (χ1) is 8.69. The molecule has 1 heteroatoms. The van der Waals surface area contributed by atoms with Gasteiger partial charge in [0.2, 0.25) is 0 Å². The van der Waals surface area contributed by atoms with Crippen molar-refractivity contribution in [2.75, 3.05) is 0 Å². The Balaban J connectivity index is 5.80. The van der Waals surface area contributed by atoms with Crippen molar-refractivity contribution in [3.05, 3.63) is 85.4 Å². The molecular formula is C17H23N. The van der Waals surface area contributed by atoms with E-state index in [9.17, 15) is 0 Å². The summed E-state index contributed by atoms with van der Waals surface area (Å²) in [4.78, 5) is 2.06. The minimum atomic E-state index is 0.981. The quantitative estimate of drug-likeness (QED) is 0.559. The number of hydrogen-bond acceptors (Lipinski definition) is 1. The highest BCUT2D eigenvalue weighted by atomic mass is 15.2. The molecule has 0 unspecified atom stereocenters. The summed E-state index contributed by atoms with van der Waals surface area (Å²) in [6.45, 7) is 17.5. The van der Waals surface area contributed by atoms with E-state index in [0.717, 1.165) is 17.1 Å². The van der Waals surface area contributed by atoms with Gasteiger partial charge in [-0.3, -0.25) is 0 Å². The van der Waals surface area contributed by atoms with Gasteiger partial charge in [-0.15, -0.1) is 0 Å². The lowest BCUT2D eigenvalue weighted by Crippen LogP contribution is -2.18. The first-order valence-corrected chi connectivity index (χ1v) is 6.03. The maximum atomic E-state index is 3.87. The van der Waals surface area contributed by atoms with Crippen LogP contribution >= 0.6 is 0 Å². The third kappa shape index (κ3) is 4.10. The molecule has 0 radical (unpaired) electrons. The molecule has 0 saturated heterocycles. The predicted molar refractivity (Wildman–Crippen MR) is 82.8 cm³/mol. The third-order valence-electron chi connectivity index (χ3n) is 2.45. The van der Waals surface area contributed by atoms with Crippen molar-refractivity contribution in [3.8, 4) is 0 Å². The van der Waals surface area contributed by atoms with E-state index in [1.54, 1.807) is 0 Å². The van der Waals surface area contributed by atoms with Crippen LogP contribution in [0.3, 0.4) is 0 Å². The van der Waals surface area contributed by atoms with Crippen LogP contribution in [-0.2, 0) is 0 Å². The van der Waals surface area contributed by atoms with E-state index in [0.29, 0.717) is 0 Å². The molecule has 0 aliphatic heterocycles. The van der Waals surface area contributed by atoms with Crippen molar-refractivity contribution in [2.45, 2.75) is 20.8 Å². The highest BCUT2D eigenvalue weighted by Crippen LogP contribution is 2.22. The van der Waals surface area contributed by atoms with Crippen LogP contribution in [0.2, 0.25) is 0 Å². The summed E-state index contributed by atoms with van der Waals surface area (Å²) in [5.74, 6) is 0. The molecule has 0 aromatic rings. The van der Waals surface area contributed by atoms with Crippen molar-refractivity contribution in [2.24, 2.45) is 0 Å². The lowest BCUT2D eigenvalue weighted by molar-refractivity contribution is 0.576. The molecule has 96 valence electrons. The minimum Gasteiger partial charge on any atom is -0.311 e. The van der Waals surface area contributed by atoms with Crippen LogP contribution in [0.25, 0.3) is 0 Å². The Kier molecular flexibility index (Phi) is 8.04. The van der Waals surface area contributed by atoms with Gasteiger partial charge in [-0.25, -0.2) is 0 Å². The normalized spacial score (nSPS) is 13.6. The smallest absolute Gasteiger partial charge is 0.0455 e. The van der Waals surface area contributed by atoms with Crippen LogP contribution in [0.1, 0.15) is 20.8 Å². The Hall–Kier alpha value is -2.02. The van der Waals surface area contributed by atoms with Gasteiger partial charge in [0, 0.05) is 17.1 Å². The molecule has 0 aromatic carbocycles. The summed E-state index contributed by atoms with van der Waals surface area (Å²) in [6.07, 6.45) is 15.4. The zero-order chi connectivity index (χ0) is 14.0. The largest absolute Gasteiger partial charge is 0.311 e. The van der Waals surface area contributed by atoms with Gasteiger partial charge in [0.15, 0.2) is 0 Å². The van der Waals surface area contributed by atoms with Gasteiger partial charge in [-0.05, 0) is 45.1 Å². The highest BCUT2D eigenvalue weighted by Gasteiger charge is 2.11. The molecule has 1 nitrogen and oxygen atoms in total. The maximum Gasteiger partial charge on any atom is 0.0455 e. The predicted octanol–water partition coefficient (Wildman–Crippen LogP) is 5.11. The molecule has 18 heavy (non-hydrogen) atoms. The molecule has 0 atom stereocenters. The summed E-state index contributed by atoms with van der Waals surface area (Å²) in [7, 11) is 0. The second-order valence-electron chi connectivity index (χ2n) is 3.49. The maximum absolute atomic E-state index is 3.87. The Morgan fingerprint density at radius 2 is 1.22 bits per heavy atom. The number of allylic oxidation sites excluding steroid dienone is 8. The van der Waals surface area contributed by atoms with Crippen molar-refractivity contribution in [1.82, 2.24) is 4.90 Å². The van der Waals surface area contributed by atoms with Crippen molar-refractivity contribution >= 4 is 0 Å². The summed E-state index contributed by atoms with van der Waals surface area (Å²) in [5.41, 5.74) is 2.98. The van der Waals surface area contributed by atoms with Gasteiger partial charge >= 0.3 is 0 Å². The van der Waals surface area contributed by atoms with Crippen LogP contribution in [0, 0.1) is 0 Å². The number of rotatable bonds is 7. The van der Waals surface area contributed by atoms with Crippen LogP contribution in [0.5, 0.6) is 0 Å². The first-order valence-electron chi connectivity index (χ1n) is 6.03. The molecule has 0 aromatic heterocycles. The minimum absolute atomic E-state index is 0.981. The lowest BCUT2D eigenvalue weighted by atomic mass is 10.2. The molecule has 0 heterocycles. The molecular weight excluding hydrogens is 218 g/mol. The van der Waals surface area contributed by atoms with E-state index in [1.807, 2.05) is 69.4 Å². The molecule has 0 amide bonds. The average Bonchev–Trinajstić information content (AvgIpc) is 2.41. The fourth-order valence-corrected chi connectivity index (χ4v) is 1.55. The second-order valence-corrected chi connectivity index (χ2v) is 3.49. The standard InChI is InChI=1S/C17H23N/c1-7-13-14-17(12-6)18(15(8-2)9-3)16(10-4)11-5/h7-14H,2,4,6H2,1,3,5H3/b13-7-,15-9+,16-11+,17-14+. The third-order valence-corrected chi connectivity index (χ3v) is 2.45. The molecule has 0 N–H and O–H groups in total. The fraction of sp³-hybridized carbons (Fsp3) is 0.176. The van der Waals surface area contributed by atoms with Gasteiger partial charge in [0.25, 0.3) is 0 Å². The van der Waals surface area contributed by atoms with Crippen LogP contribution < -0.4 is 0 Å². The second kappa shape index (κ2) is 9.06. The summed E-state index contributed by atoms with van der Waals surface area (Å²) < 4.78 is 0. The Bertz CT molecular complexity index is 393. The summed E-state index contributed by atoms with van der Waals surface area (Å²) >= 11 is 0. The fourth-order valence-electron chi connectivity index (χ4n) is 1.55. The van der Waals surface area contributed by atoms with E-state index in [1.165, 1.54) is 0 Å². The van der Waals surface area contributed by atoms with Gasteiger partial charge in [-0.2, -0.15) is 0 Å². The van der Waals surface area contributed by atoms with Gasteiger partial charge in [0.05, 0.1) is 0 Å². The molecule has 0 saturated carbocycles. The van der Waals surface area contributed by atoms with Gasteiger partial charge < -0.3 is 4.90 Å². The van der Waals surface area contributed by atoms with Crippen LogP contribution in [-0.4, -0.2) is 4.90 Å². The SMILES string of the molecule is C=C/C(=C\C)N(/C(C=C)=C/C)/C(C=C)=C/C=C\C.